The number of carbonyl (C=O) groups excluding carboxylic acids is 1. The number of aromatic nitrogens is 2. The maximum Gasteiger partial charge on any atom is 0.261 e. The summed E-state index contributed by atoms with van der Waals surface area (Å²) in [5.74, 6) is 1.06. The first kappa shape index (κ1) is 19.5. The van der Waals surface area contributed by atoms with E-state index >= 15 is 0 Å². The highest BCUT2D eigenvalue weighted by molar-refractivity contribution is 6.32. The second-order valence-electron chi connectivity index (χ2n) is 7.18. The molecule has 29 heavy (non-hydrogen) atoms. The number of hydrogen-bond donors (Lipinski definition) is 1. The van der Waals surface area contributed by atoms with Gasteiger partial charge < -0.3 is 10.1 Å². The van der Waals surface area contributed by atoms with Crippen LogP contribution >= 0.6 is 11.6 Å². The Bertz CT molecular complexity index is 1140. The van der Waals surface area contributed by atoms with Crippen LogP contribution in [0, 0.1) is 0 Å². The van der Waals surface area contributed by atoms with Gasteiger partial charge in [-0.3, -0.25) is 14.2 Å². The van der Waals surface area contributed by atoms with E-state index in [2.05, 4.69) is 5.32 Å². The molecule has 0 unspecified atom stereocenters. The number of rotatable bonds is 3. The molecule has 150 valence electrons. The minimum absolute atomic E-state index is 0.0270. The number of methoxy groups -OCH3 is 1. The molecule has 7 heteroatoms. The van der Waals surface area contributed by atoms with Gasteiger partial charge in [0.25, 0.3) is 11.5 Å². The first-order valence-electron chi connectivity index (χ1n) is 9.75. The number of nitrogens with zero attached hydrogens (tertiary/aromatic N) is 2. The van der Waals surface area contributed by atoms with E-state index in [0.29, 0.717) is 39.5 Å². The zero-order valence-corrected chi connectivity index (χ0v) is 17.0. The van der Waals surface area contributed by atoms with E-state index in [1.165, 1.54) is 7.11 Å². The molecule has 2 aromatic carbocycles. The van der Waals surface area contributed by atoms with Gasteiger partial charge in [0, 0.05) is 24.2 Å². The summed E-state index contributed by atoms with van der Waals surface area (Å²) in [6.45, 7) is 0.706. The van der Waals surface area contributed by atoms with Crippen molar-refractivity contribution in [1.82, 2.24) is 9.55 Å². The number of nitrogens with one attached hydrogen (secondary N) is 1. The zero-order valence-electron chi connectivity index (χ0n) is 16.2. The Kier molecular flexibility index (Phi) is 5.53. The molecule has 0 atom stereocenters. The van der Waals surface area contributed by atoms with Crippen molar-refractivity contribution in [2.45, 2.75) is 38.6 Å². The molecule has 6 nitrogen and oxygen atoms in total. The number of fused-ring (bicyclic) bond motifs is 2. The summed E-state index contributed by atoms with van der Waals surface area (Å²) >= 11 is 6.12. The van der Waals surface area contributed by atoms with Crippen LogP contribution < -0.4 is 15.6 Å². The van der Waals surface area contributed by atoms with Crippen LogP contribution in [0.15, 0.2) is 41.2 Å². The van der Waals surface area contributed by atoms with E-state index in [9.17, 15) is 9.59 Å². The van der Waals surface area contributed by atoms with Gasteiger partial charge in [0.05, 0.1) is 23.0 Å². The minimum Gasteiger partial charge on any atom is -0.495 e. The van der Waals surface area contributed by atoms with E-state index in [1.807, 2.05) is 0 Å². The summed E-state index contributed by atoms with van der Waals surface area (Å²) in [5.41, 5.74) is 1.53. The highest BCUT2D eigenvalue weighted by atomic mass is 35.5. The van der Waals surface area contributed by atoms with Crippen molar-refractivity contribution < 1.29 is 9.53 Å². The molecular weight excluding hydrogens is 390 g/mol. The van der Waals surface area contributed by atoms with Gasteiger partial charge >= 0.3 is 0 Å². The molecule has 2 heterocycles. The van der Waals surface area contributed by atoms with Crippen molar-refractivity contribution in [3.05, 3.63) is 63.2 Å². The predicted molar refractivity (Wildman–Crippen MR) is 114 cm³/mol. The average molecular weight is 412 g/mol. The van der Waals surface area contributed by atoms with Crippen LogP contribution in [-0.2, 0) is 13.0 Å². The lowest BCUT2D eigenvalue weighted by Crippen LogP contribution is -2.26. The second-order valence-corrected chi connectivity index (χ2v) is 7.59. The summed E-state index contributed by atoms with van der Waals surface area (Å²) in [7, 11) is 1.53. The van der Waals surface area contributed by atoms with Crippen molar-refractivity contribution >= 4 is 34.1 Å². The standard InChI is InChI=1S/C22H22ClN3O3/c1-29-19-10-8-15(13-17(19)23)24-21(27)14-7-9-16-18(12-14)25-20-6-4-2-3-5-11-26(20)22(16)28/h7-10,12-13H,2-6,11H2,1H3,(H,24,27). The summed E-state index contributed by atoms with van der Waals surface area (Å²) in [6.07, 6.45) is 5.09. The Hall–Kier alpha value is -2.86. The lowest BCUT2D eigenvalue weighted by molar-refractivity contribution is 0.102. The third-order valence-corrected chi connectivity index (χ3v) is 5.53. The van der Waals surface area contributed by atoms with E-state index in [0.717, 1.165) is 37.9 Å². The Morgan fingerprint density at radius 1 is 1.14 bits per heavy atom. The Morgan fingerprint density at radius 2 is 1.97 bits per heavy atom. The molecule has 0 radical (unpaired) electrons. The molecule has 1 aromatic heterocycles. The van der Waals surface area contributed by atoms with E-state index in [1.54, 1.807) is 41.0 Å². The number of aryl methyl sites for hydroxylation is 1. The molecule has 0 fully saturated rings. The maximum absolute atomic E-state index is 12.9. The van der Waals surface area contributed by atoms with Crippen LogP contribution in [0.2, 0.25) is 5.02 Å². The van der Waals surface area contributed by atoms with E-state index in [-0.39, 0.29) is 11.5 Å². The summed E-state index contributed by atoms with van der Waals surface area (Å²) in [6, 6.07) is 10.1. The molecule has 1 amide bonds. The monoisotopic (exact) mass is 411 g/mol. The number of amides is 1. The first-order chi connectivity index (χ1) is 14.1. The minimum atomic E-state index is -0.290. The SMILES string of the molecule is COc1ccc(NC(=O)c2ccc3c(=O)n4c(nc3c2)CCCCCC4)cc1Cl. The molecule has 1 aliphatic heterocycles. The van der Waals surface area contributed by atoms with Crippen molar-refractivity contribution in [2.24, 2.45) is 0 Å². The van der Waals surface area contributed by atoms with Crippen molar-refractivity contribution in [2.75, 3.05) is 12.4 Å². The number of benzene rings is 2. The topological polar surface area (TPSA) is 73.2 Å². The smallest absolute Gasteiger partial charge is 0.261 e. The van der Waals surface area contributed by atoms with E-state index < -0.39 is 0 Å². The number of ether oxygens (including phenoxy) is 1. The third-order valence-electron chi connectivity index (χ3n) is 5.24. The fraction of sp³-hybridized carbons (Fsp3) is 0.318. The largest absolute Gasteiger partial charge is 0.495 e. The lowest BCUT2D eigenvalue weighted by atomic mass is 10.1. The van der Waals surface area contributed by atoms with Crippen molar-refractivity contribution in [3.63, 3.8) is 0 Å². The number of hydrogen-bond acceptors (Lipinski definition) is 4. The van der Waals surface area contributed by atoms with Gasteiger partial charge in [-0.05, 0) is 49.2 Å². The molecule has 0 aliphatic carbocycles. The van der Waals surface area contributed by atoms with Crippen LogP contribution in [0.5, 0.6) is 5.75 Å². The summed E-state index contributed by atoms with van der Waals surface area (Å²) in [4.78, 5) is 30.3. The molecule has 0 spiro atoms. The maximum atomic E-state index is 12.9. The molecule has 0 saturated heterocycles. The second kappa shape index (κ2) is 8.25. The van der Waals surface area contributed by atoms with Crippen LogP contribution in [0.1, 0.15) is 41.9 Å². The van der Waals surface area contributed by atoms with Gasteiger partial charge in [0.1, 0.15) is 11.6 Å². The highest BCUT2D eigenvalue weighted by Gasteiger charge is 2.15. The molecule has 1 aliphatic rings. The molecule has 1 N–H and O–H groups in total. The Morgan fingerprint density at radius 3 is 2.76 bits per heavy atom. The van der Waals surface area contributed by atoms with Crippen LogP contribution in [0.3, 0.4) is 0 Å². The van der Waals surface area contributed by atoms with Gasteiger partial charge in [0.2, 0.25) is 0 Å². The zero-order chi connectivity index (χ0) is 20.4. The van der Waals surface area contributed by atoms with Crippen LogP contribution in [0.4, 0.5) is 5.69 Å². The number of anilines is 1. The highest BCUT2D eigenvalue weighted by Crippen LogP contribution is 2.27. The van der Waals surface area contributed by atoms with Crippen molar-refractivity contribution in [1.29, 1.82) is 0 Å². The molecule has 0 saturated carbocycles. The van der Waals surface area contributed by atoms with E-state index in [4.69, 9.17) is 21.3 Å². The van der Waals surface area contributed by atoms with Crippen molar-refractivity contribution in [3.8, 4) is 5.75 Å². The first-order valence-corrected chi connectivity index (χ1v) is 10.1. The van der Waals surface area contributed by atoms with Gasteiger partial charge in [0.15, 0.2) is 0 Å². The molecule has 3 aromatic rings. The van der Waals surface area contributed by atoms with Crippen LogP contribution in [-0.4, -0.2) is 22.6 Å². The Labute approximate surface area is 173 Å². The Balaban J connectivity index is 1.66. The molecular formula is C22H22ClN3O3. The predicted octanol–water partition coefficient (Wildman–Crippen LogP) is 4.43. The molecule has 0 bridgehead atoms. The van der Waals surface area contributed by atoms with Gasteiger partial charge in [-0.2, -0.15) is 0 Å². The number of carbonyl (C=O) groups is 1. The summed E-state index contributed by atoms with van der Waals surface area (Å²) in [5, 5.41) is 3.77. The number of halogens is 1. The van der Waals surface area contributed by atoms with Gasteiger partial charge in [-0.1, -0.05) is 24.4 Å². The van der Waals surface area contributed by atoms with Gasteiger partial charge in [-0.25, -0.2) is 4.98 Å². The average Bonchev–Trinajstić information content (AvgIpc) is 2.69. The van der Waals surface area contributed by atoms with Crippen LogP contribution in [0.25, 0.3) is 10.9 Å². The quantitative estimate of drug-likeness (QED) is 0.692. The fourth-order valence-electron chi connectivity index (χ4n) is 3.68. The third kappa shape index (κ3) is 3.98. The fourth-order valence-corrected chi connectivity index (χ4v) is 3.94. The lowest BCUT2D eigenvalue weighted by Gasteiger charge is -2.16. The van der Waals surface area contributed by atoms with Gasteiger partial charge in [-0.15, -0.1) is 0 Å². The molecule has 4 rings (SSSR count). The summed E-state index contributed by atoms with van der Waals surface area (Å²) < 4.78 is 6.92. The normalized spacial score (nSPS) is 14.0.